The topological polar surface area (TPSA) is 28.4 Å². The molecule has 2 rings (SSSR count). The van der Waals surface area contributed by atoms with E-state index in [9.17, 15) is 0 Å². The number of rotatable bonds is 6. The number of hydrogen-bond donors (Lipinski definition) is 1. The predicted octanol–water partition coefficient (Wildman–Crippen LogP) is 2.55. The van der Waals surface area contributed by atoms with Crippen LogP contribution in [0, 0.1) is 6.92 Å². The van der Waals surface area contributed by atoms with E-state index in [-0.39, 0.29) is 0 Å². The largest absolute Gasteiger partial charge is 0.469 e. The van der Waals surface area contributed by atoms with Gasteiger partial charge in [0.2, 0.25) is 0 Å². The van der Waals surface area contributed by atoms with Gasteiger partial charge in [-0.25, -0.2) is 0 Å². The molecule has 0 amide bonds. The smallest absolute Gasteiger partial charge is 0.101 e. The van der Waals surface area contributed by atoms with Crippen LogP contribution >= 0.6 is 0 Å². The van der Waals surface area contributed by atoms with Gasteiger partial charge in [-0.15, -0.1) is 0 Å². The fraction of sp³-hybridized carbons (Fsp3) is 0.714. The summed E-state index contributed by atoms with van der Waals surface area (Å²) in [6, 6.07) is 2.09. The van der Waals surface area contributed by atoms with Gasteiger partial charge in [0.15, 0.2) is 0 Å². The second-order valence-electron chi connectivity index (χ2n) is 5.00. The van der Waals surface area contributed by atoms with Crippen LogP contribution in [0.25, 0.3) is 0 Å². The Morgan fingerprint density at radius 3 is 2.82 bits per heavy atom. The standard InChI is InChI=1S/C14H24N2O/c1-13-10-14(12-17-13)11-15-6-5-9-16-7-3-2-4-8-16/h10,12,15H,2-9,11H2,1H3. The lowest BCUT2D eigenvalue weighted by atomic mass is 10.1. The highest BCUT2D eigenvalue weighted by Gasteiger charge is 2.08. The van der Waals surface area contributed by atoms with Gasteiger partial charge < -0.3 is 14.6 Å². The second-order valence-corrected chi connectivity index (χ2v) is 5.00. The van der Waals surface area contributed by atoms with Crippen LogP contribution in [0.1, 0.15) is 37.0 Å². The summed E-state index contributed by atoms with van der Waals surface area (Å²) in [6.07, 6.45) is 7.29. The van der Waals surface area contributed by atoms with Crippen molar-refractivity contribution in [3.05, 3.63) is 23.7 Å². The summed E-state index contributed by atoms with van der Waals surface area (Å²) in [5, 5.41) is 3.47. The Labute approximate surface area is 104 Å². The monoisotopic (exact) mass is 236 g/mol. The molecule has 3 nitrogen and oxygen atoms in total. The molecular formula is C14H24N2O. The number of nitrogens with zero attached hydrogens (tertiary/aromatic N) is 1. The normalized spacial score (nSPS) is 17.5. The molecule has 96 valence electrons. The highest BCUT2D eigenvalue weighted by molar-refractivity contribution is 5.10. The van der Waals surface area contributed by atoms with E-state index < -0.39 is 0 Å². The molecule has 0 aromatic carbocycles. The Kier molecular flexibility index (Phi) is 5.08. The molecule has 0 aliphatic carbocycles. The first-order chi connectivity index (χ1) is 8.34. The third kappa shape index (κ3) is 4.52. The third-order valence-corrected chi connectivity index (χ3v) is 3.39. The van der Waals surface area contributed by atoms with Crippen molar-refractivity contribution in [1.29, 1.82) is 0 Å². The molecule has 0 unspecified atom stereocenters. The van der Waals surface area contributed by atoms with Crippen molar-refractivity contribution in [3.8, 4) is 0 Å². The fourth-order valence-corrected chi connectivity index (χ4v) is 2.43. The first kappa shape index (κ1) is 12.7. The zero-order valence-corrected chi connectivity index (χ0v) is 10.9. The van der Waals surface area contributed by atoms with Crippen LogP contribution in [0.5, 0.6) is 0 Å². The molecule has 1 aromatic heterocycles. The Hall–Kier alpha value is -0.800. The van der Waals surface area contributed by atoms with Crippen LogP contribution in [0.3, 0.4) is 0 Å². The minimum Gasteiger partial charge on any atom is -0.469 e. The number of hydrogen-bond acceptors (Lipinski definition) is 3. The summed E-state index contributed by atoms with van der Waals surface area (Å²) in [5.74, 6) is 0.995. The average molecular weight is 236 g/mol. The summed E-state index contributed by atoms with van der Waals surface area (Å²) in [7, 11) is 0. The minimum atomic E-state index is 0.928. The molecule has 1 aliphatic heterocycles. The zero-order valence-electron chi connectivity index (χ0n) is 10.9. The van der Waals surface area contributed by atoms with Gasteiger partial charge in [0.05, 0.1) is 6.26 Å². The molecule has 1 aromatic rings. The van der Waals surface area contributed by atoms with Crippen LogP contribution in [0.2, 0.25) is 0 Å². The third-order valence-electron chi connectivity index (χ3n) is 3.39. The Balaban J connectivity index is 1.51. The van der Waals surface area contributed by atoms with Gasteiger partial charge in [0.25, 0.3) is 0 Å². The first-order valence-corrected chi connectivity index (χ1v) is 6.82. The van der Waals surface area contributed by atoms with Gasteiger partial charge in [-0.05, 0) is 58.4 Å². The van der Waals surface area contributed by atoms with E-state index >= 15 is 0 Å². The van der Waals surface area contributed by atoms with Gasteiger partial charge in [-0.2, -0.15) is 0 Å². The first-order valence-electron chi connectivity index (χ1n) is 6.82. The van der Waals surface area contributed by atoms with Gasteiger partial charge in [-0.3, -0.25) is 0 Å². The van der Waals surface area contributed by atoms with Crippen molar-refractivity contribution in [2.24, 2.45) is 0 Å². The molecule has 2 heterocycles. The SMILES string of the molecule is Cc1cc(CNCCCN2CCCCC2)co1. The fourth-order valence-electron chi connectivity index (χ4n) is 2.43. The van der Waals surface area contributed by atoms with Gasteiger partial charge in [0.1, 0.15) is 5.76 Å². The Morgan fingerprint density at radius 1 is 1.29 bits per heavy atom. The average Bonchev–Trinajstić information content (AvgIpc) is 2.76. The van der Waals surface area contributed by atoms with E-state index in [0.29, 0.717) is 0 Å². The Morgan fingerprint density at radius 2 is 2.12 bits per heavy atom. The van der Waals surface area contributed by atoms with Crippen molar-refractivity contribution < 1.29 is 4.42 Å². The molecule has 0 bridgehead atoms. The van der Waals surface area contributed by atoms with Crippen molar-refractivity contribution in [2.45, 2.75) is 39.2 Å². The lowest BCUT2D eigenvalue weighted by Crippen LogP contribution is -2.32. The maximum absolute atomic E-state index is 5.27. The van der Waals surface area contributed by atoms with Crippen LogP contribution in [0.15, 0.2) is 16.7 Å². The van der Waals surface area contributed by atoms with E-state index in [4.69, 9.17) is 4.42 Å². The van der Waals surface area contributed by atoms with Gasteiger partial charge in [0, 0.05) is 12.1 Å². The van der Waals surface area contributed by atoms with Gasteiger partial charge in [-0.1, -0.05) is 6.42 Å². The quantitative estimate of drug-likeness (QED) is 0.769. The molecule has 0 radical (unpaired) electrons. The molecule has 1 saturated heterocycles. The maximum atomic E-state index is 5.27. The summed E-state index contributed by atoms with van der Waals surface area (Å²) in [4.78, 5) is 2.59. The van der Waals surface area contributed by atoms with E-state index in [1.807, 2.05) is 13.2 Å². The second kappa shape index (κ2) is 6.82. The van der Waals surface area contributed by atoms with E-state index in [1.165, 1.54) is 50.9 Å². The number of piperidine rings is 1. The van der Waals surface area contributed by atoms with Crippen molar-refractivity contribution in [2.75, 3.05) is 26.2 Å². The molecule has 0 spiro atoms. The molecule has 1 N–H and O–H groups in total. The van der Waals surface area contributed by atoms with Crippen molar-refractivity contribution in [3.63, 3.8) is 0 Å². The zero-order chi connectivity index (χ0) is 11.9. The van der Waals surface area contributed by atoms with Gasteiger partial charge >= 0.3 is 0 Å². The summed E-state index contributed by atoms with van der Waals surface area (Å²) >= 11 is 0. The molecule has 3 heteroatoms. The maximum Gasteiger partial charge on any atom is 0.101 e. The van der Waals surface area contributed by atoms with Crippen molar-refractivity contribution in [1.82, 2.24) is 10.2 Å². The summed E-state index contributed by atoms with van der Waals surface area (Å²) in [5.41, 5.74) is 1.25. The number of likely N-dealkylation sites (tertiary alicyclic amines) is 1. The molecule has 0 atom stereocenters. The predicted molar refractivity (Wildman–Crippen MR) is 70.1 cm³/mol. The lowest BCUT2D eigenvalue weighted by Gasteiger charge is -2.26. The number of nitrogens with one attached hydrogen (secondary N) is 1. The molecule has 1 fully saturated rings. The minimum absolute atomic E-state index is 0.928. The summed E-state index contributed by atoms with van der Waals surface area (Å²) < 4.78 is 5.27. The van der Waals surface area contributed by atoms with E-state index in [1.54, 1.807) is 0 Å². The van der Waals surface area contributed by atoms with E-state index in [2.05, 4.69) is 16.3 Å². The van der Waals surface area contributed by atoms with Crippen molar-refractivity contribution >= 4 is 0 Å². The highest BCUT2D eigenvalue weighted by atomic mass is 16.3. The molecular weight excluding hydrogens is 212 g/mol. The van der Waals surface area contributed by atoms with E-state index in [0.717, 1.165) is 18.8 Å². The number of furan rings is 1. The molecule has 0 saturated carbocycles. The van der Waals surface area contributed by atoms with Crippen LogP contribution in [-0.2, 0) is 6.54 Å². The molecule has 17 heavy (non-hydrogen) atoms. The highest BCUT2D eigenvalue weighted by Crippen LogP contribution is 2.08. The molecule has 1 aliphatic rings. The summed E-state index contributed by atoms with van der Waals surface area (Å²) in [6.45, 7) is 7.87. The van der Waals surface area contributed by atoms with Crippen LogP contribution < -0.4 is 5.32 Å². The van der Waals surface area contributed by atoms with Crippen LogP contribution in [-0.4, -0.2) is 31.1 Å². The Bertz CT molecular complexity index is 316. The lowest BCUT2D eigenvalue weighted by molar-refractivity contribution is 0.225. The number of aryl methyl sites for hydroxylation is 1. The van der Waals surface area contributed by atoms with Crippen LogP contribution in [0.4, 0.5) is 0 Å².